The van der Waals surface area contributed by atoms with Gasteiger partial charge in [0.1, 0.15) is 0 Å². The number of aryl methyl sites for hydroxylation is 1. The van der Waals surface area contributed by atoms with Gasteiger partial charge in [-0.1, -0.05) is 36.4 Å². The number of carbonyl (C=O) groups excluding carboxylic acids is 1. The van der Waals surface area contributed by atoms with Gasteiger partial charge >= 0.3 is 0 Å². The quantitative estimate of drug-likeness (QED) is 0.822. The fourth-order valence-electron chi connectivity index (χ4n) is 2.63. The van der Waals surface area contributed by atoms with Crippen molar-refractivity contribution in [1.29, 1.82) is 0 Å². The molecule has 0 fully saturated rings. The Kier molecular flexibility index (Phi) is 6.10. The van der Waals surface area contributed by atoms with E-state index < -0.39 is 0 Å². The van der Waals surface area contributed by atoms with E-state index >= 15 is 0 Å². The first-order valence-corrected chi connectivity index (χ1v) is 8.36. The van der Waals surface area contributed by atoms with Crippen molar-refractivity contribution in [1.82, 2.24) is 15.6 Å². The zero-order valence-corrected chi connectivity index (χ0v) is 15.0. The molecule has 0 radical (unpaired) electrons. The second-order valence-corrected chi connectivity index (χ2v) is 6.92. The largest absolute Gasteiger partial charge is 0.354 e. The SMILES string of the molecule is Cc1ccc(CC(=O)NCC(C)(C)N[C@H](C)c2ccccc2)cn1. The molecule has 128 valence electrons. The number of rotatable bonds is 7. The molecule has 2 rings (SSSR count). The van der Waals surface area contributed by atoms with Crippen molar-refractivity contribution in [3.8, 4) is 0 Å². The van der Waals surface area contributed by atoms with Gasteiger partial charge in [-0.25, -0.2) is 0 Å². The number of nitrogens with one attached hydrogen (secondary N) is 2. The minimum atomic E-state index is -0.198. The average Bonchev–Trinajstić information content (AvgIpc) is 2.56. The van der Waals surface area contributed by atoms with Crippen LogP contribution >= 0.6 is 0 Å². The number of hydrogen-bond acceptors (Lipinski definition) is 3. The summed E-state index contributed by atoms with van der Waals surface area (Å²) < 4.78 is 0. The van der Waals surface area contributed by atoms with Gasteiger partial charge in [-0.3, -0.25) is 9.78 Å². The topological polar surface area (TPSA) is 54.0 Å². The standard InChI is InChI=1S/C20H27N3O/c1-15-10-11-17(13-21-15)12-19(24)22-14-20(3,4)23-16(2)18-8-6-5-7-9-18/h5-11,13,16,23H,12,14H2,1-4H3,(H,22,24)/t16-/m1/s1. The minimum Gasteiger partial charge on any atom is -0.354 e. The monoisotopic (exact) mass is 325 g/mol. The summed E-state index contributed by atoms with van der Waals surface area (Å²) in [5.41, 5.74) is 2.93. The van der Waals surface area contributed by atoms with Gasteiger partial charge in [0.2, 0.25) is 5.91 Å². The van der Waals surface area contributed by atoms with Crippen LogP contribution in [0.3, 0.4) is 0 Å². The third-order valence-electron chi connectivity index (χ3n) is 3.97. The lowest BCUT2D eigenvalue weighted by atomic mass is 10.0. The molecule has 4 nitrogen and oxygen atoms in total. The maximum Gasteiger partial charge on any atom is 0.224 e. The average molecular weight is 325 g/mol. The van der Waals surface area contributed by atoms with Crippen molar-refractivity contribution in [3.05, 3.63) is 65.5 Å². The van der Waals surface area contributed by atoms with E-state index in [4.69, 9.17) is 0 Å². The Balaban J connectivity index is 1.83. The van der Waals surface area contributed by atoms with Crippen LogP contribution in [0.1, 0.15) is 43.6 Å². The Bertz CT molecular complexity index is 650. The minimum absolute atomic E-state index is 0.0166. The molecule has 4 heteroatoms. The predicted molar refractivity (Wildman–Crippen MR) is 97.8 cm³/mol. The molecule has 1 amide bonds. The molecule has 1 heterocycles. The number of amides is 1. The lowest BCUT2D eigenvalue weighted by Gasteiger charge is -2.31. The summed E-state index contributed by atoms with van der Waals surface area (Å²) in [4.78, 5) is 16.4. The van der Waals surface area contributed by atoms with E-state index in [1.807, 2.05) is 37.3 Å². The van der Waals surface area contributed by atoms with Gasteiger partial charge in [0.15, 0.2) is 0 Å². The van der Waals surface area contributed by atoms with Crippen LogP contribution in [0.4, 0.5) is 0 Å². The van der Waals surface area contributed by atoms with Crippen LogP contribution in [0.5, 0.6) is 0 Å². The Morgan fingerprint density at radius 2 is 1.88 bits per heavy atom. The predicted octanol–water partition coefficient (Wildman–Crippen LogP) is 3.18. The Labute approximate surface area is 144 Å². The fourth-order valence-corrected chi connectivity index (χ4v) is 2.63. The molecule has 0 aliphatic carbocycles. The molecule has 0 saturated heterocycles. The van der Waals surface area contributed by atoms with Gasteiger partial charge < -0.3 is 10.6 Å². The number of pyridine rings is 1. The van der Waals surface area contributed by atoms with Crippen molar-refractivity contribution in [2.75, 3.05) is 6.54 Å². The highest BCUT2D eigenvalue weighted by molar-refractivity contribution is 5.78. The zero-order chi connectivity index (χ0) is 17.6. The first-order valence-electron chi connectivity index (χ1n) is 8.36. The molecule has 2 N–H and O–H groups in total. The second kappa shape index (κ2) is 8.06. The van der Waals surface area contributed by atoms with E-state index in [1.165, 1.54) is 5.56 Å². The van der Waals surface area contributed by atoms with Crippen molar-refractivity contribution in [2.24, 2.45) is 0 Å². The van der Waals surface area contributed by atoms with Gasteiger partial charge in [0.05, 0.1) is 6.42 Å². The fraction of sp³-hybridized carbons (Fsp3) is 0.400. The normalized spacial score (nSPS) is 12.7. The molecular weight excluding hydrogens is 298 g/mol. The van der Waals surface area contributed by atoms with Crippen LogP contribution < -0.4 is 10.6 Å². The summed E-state index contributed by atoms with van der Waals surface area (Å²) >= 11 is 0. The van der Waals surface area contributed by atoms with E-state index in [-0.39, 0.29) is 17.5 Å². The Hall–Kier alpha value is -2.20. The van der Waals surface area contributed by atoms with Crippen LogP contribution in [-0.2, 0) is 11.2 Å². The van der Waals surface area contributed by atoms with E-state index in [0.717, 1.165) is 11.3 Å². The molecule has 0 bridgehead atoms. The third-order valence-corrected chi connectivity index (χ3v) is 3.97. The molecule has 2 aromatic rings. The number of hydrogen-bond donors (Lipinski definition) is 2. The van der Waals surface area contributed by atoms with Gasteiger partial charge in [-0.2, -0.15) is 0 Å². The molecule has 1 aromatic heterocycles. The maximum absolute atomic E-state index is 12.1. The van der Waals surface area contributed by atoms with E-state index in [0.29, 0.717) is 13.0 Å². The molecule has 0 aliphatic heterocycles. The Morgan fingerprint density at radius 1 is 1.17 bits per heavy atom. The molecular formula is C20H27N3O. The third kappa shape index (κ3) is 5.78. The van der Waals surface area contributed by atoms with Gasteiger partial charge in [-0.05, 0) is 44.9 Å². The van der Waals surface area contributed by atoms with Crippen LogP contribution in [0, 0.1) is 6.92 Å². The van der Waals surface area contributed by atoms with Gasteiger partial charge in [0, 0.05) is 30.0 Å². The van der Waals surface area contributed by atoms with Crippen molar-refractivity contribution in [3.63, 3.8) is 0 Å². The summed E-state index contributed by atoms with van der Waals surface area (Å²) in [6.07, 6.45) is 2.12. The van der Waals surface area contributed by atoms with Crippen molar-refractivity contribution in [2.45, 2.75) is 45.7 Å². The van der Waals surface area contributed by atoms with Crippen LogP contribution in [0.15, 0.2) is 48.7 Å². The van der Waals surface area contributed by atoms with E-state index in [1.54, 1.807) is 6.20 Å². The summed E-state index contributed by atoms with van der Waals surface area (Å²) in [6.45, 7) is 8.84. The molecule has 0 unspecified atom stereocenters. The first kappa shape index (κ1) is 18.1. The Morgan fingerprint density at radius 3 is 2.50 bits per heavy atom. The molecule has 24 heavy (non-hydrogen) atoms. The first-order chi connectivity index (χ1) is 11.4. The summed E-state index contributed by atoms with van der Waals surface area (Å²) in [5.74, 6) is 0.0166. The molecule has 0 spiro atoms. The molecule has 0 saturated carbocycles. The number of benzene rings is 1. The number of carbonyl (C=O) groups is 1. The zero-order valence-electron chi connectivity index (χ0n) is 15.0. The van der Waals surface area contributed by atoms with Crippen LogP contribution in [0.2, 0.25) is 0 Å². The highest BCUT2D eigenvalue weighted by Gasteiger charge is 2.21. The number of aromatic nitrogens is 1. The molecule has 1 atom stereocenters. The summed E-state index contributed by atoms with van der Waals surface area (Å²) in [7, 11) is 0. The number of nitrogens with zero attached hydrogens (tertiary/aromatic N) is 1. The molecule has 1 aromatic carbocycles. The lowest BCUT2D eigenvalue weighted by Crippen LogP contribution is -2.50. The van der Waals surface area contributed by atoms with Crippen LogP contribution in [-0.4, -0.2) is 23.0 Å². The van der Waals surface area contributed by atoms with Crippen molar-refractivity contribution < 1.29 is 4.79 Å². The smallest absolute Gasteiger partial charge is 0.224 e. The molecule has 0 aliphatic rings. The van der Waals surface area contributed by atoms with Crippen LogP contribution in [0.25, 0.3) is 0 Å². The second-order valence-electron chi connectivity index (χ2n) is 6.92. The highest BCUT2D eigenvalue weighted by atomic mass is 16.1. The van der Waals surface area contributed by atoms with E-state index in [9.17, 15) is 4.79 Å². The van der Waals surface area contributed by atoms with Gasteiger partial charge in [-0.15, -0.1) is 0 Å². The van der Waals surface area contributed by atoms with Crippen molar-refractivity contribution >= 4 is 5.91 Å². The van der Waals surface area contributed by atoms with E-state index in [2.05, 4.69) is 48.5 Å². The van der Waals surface area contributed by atoms with Gasteiger partial charge in [0.25, 0.3) is 0 Å². The maximum atomic E-state index is 12.1. The highest BCUT2D eigenvalue weighted by Crippen LogP contribution is 2.15. The lowest BCUT2D eigenvalue weighted by molar-refractivity contribution is -0.120. The summed E-state index contributed by atoms with van der Waals surface area (Å²) in [5, 5.41) is 6.59. The summed E-state index contributed by atoms with van der Waals surface area (Å²) in [6, 6.07) is 14.4.